The molecule has 1 atom stereocenters. The van der Waals surface area contributed by atoms with Crippen molar-refractivity contribution in [2.24, 2.45) is 11.7 Å². The van der Waals surface area contributed by atoms with E-state index in [-0.39, 0.29) is 40.2 Å². The van der Waals surface area contributed by atoms with Gasteiger partial charge in [-0.15, -0.1) is 0 Å². The molecule has 0 aliphatic heterocycles. The van der Waals surface area contributed by atoms with Crippen LogP contribution in [0.4, 0.5) is 4.79 Å². The summed E-state index contributed by atoms with van der Waals surface area (Å²) in [6.07, 6.45) is 3.26. The number of nitrogens with one attached hydrogen (secondary N) is 1. The second-order valence-corrected chi connectivity index (χ2v) is 8.80. The molecule has 3 rings (SSSR count). The van der Waals surface area contributed by atoms with Crippen LogP contribution in [0.25, 0.3) is 10.8 Å². The van der Waals surface area contributed by atoms with Crippen molar-refractivity contribution in [2.45, 2.75) is 45.8 Å². The second kappa shape index (κ2) is 10.4. The van der Waals surface area contributed by atoms with Gasteiger partial charge in [-0.2, -0.15) is 0 Å². The van der Waals surface area contributed by atoms with Crippen molar-refractivity contribution in [3.8, 4) is 5.75 Å². The molecule has 1 unspecified atom stereocenters. The van der Waals surface area contributed by atoms with Gasteiger partial charge in [0.15, 0.2) is 11.4 Å². The molecule has 1 aromatic carbocycles. The maximum Gasteiger partial charge on any atom is 0.405 e. The number of ether oxygens (including phenoxy) is 1. The fourth-order valence-corrected chi connectivity index (χ4v) is 3.67. The number of aryl methyl sites for hydroxylation is 2. The predicted molar refractivity (Wildman–Crippen MR) is 129 cm³/mol. The van der Waals surface area contributed by atoms with Crippen LogP contribution in [0.1, 0.15) is 43.2 Å². The summed E-state index contributed by atoms with van der Waals surface area (Å²) in [6, 6.07) is 11.4. The van der Waals surface area contributed by atoms with Crippen LogP contribution in [0.15, 0.2) is 53.6 Å². The second-order valence-electron chi connectivity index (χ2n) is 8.80. The van der Waals surface area contributed by atoms with E-state index in [0.717, 1.165) is 5.56 Å². The van der Waals surface area contributed by atoms with Gasteiger partial charge in [0, 0.05) is 30.9 Å². The van der Waals surface area contributed by atoms with Gasteiger partial charge in [0.2, 0.25) is 0 Å². The lowest BCUT2D eigenvalue weighted by atomic mass is 9.89. The van der Waals surface area contributed by atoms with E-state index in [2.05, 4.69) is 10.3 Å². The lowest BCUT2D eigenvalue weighted by molar-refractivity contribution is 0.00208. The molecule has 3 aromatic rings. The number of carbonyl (C=O) groups is 2. The highest BCUT2D eigenvalue weighted by Gasteiger charge is 2.29. The number of carbonyl (C=O) groups excluding carboxylic acids is 2. The number of aromatic nitrogens is 2. The zero-order chi connectivity index (χ0) is 24.9. The number of nitrogens with zero attached hydrogens (tertiary/aromatic N) is 2. The van der Waals surface area contributed by atoms with Crippen LogP contribution in [0, 0.1) is 5.92 Å². The van der Waals surface area contributed by atoms with E-state index in [4.69, 9.17) is 10.5 Å². The van der Waals surface area contributed by atoms with E-state index in [9.17, 15) is 19.5 Å². The summed E-state index contributed by atoms with van der Waals surface area (Å²) in [5.74, 6) is -0.992. The Hall–Kier alpha value is -3.88. The van der Waals surface area contributed by atoms with Gasteiger partial charge in [0.05, 0.1) is 5.39 Å². The molecule has 0 saturated heterocycles. The molecule has 0 aliphatic carbocycles. The molecular weight excluding hydrogens is 436 g/mol. The van der Waals surface area contributed by atoms with E-state index in [1.807, 2.05) is 37.3 Å². The van der Waals surface area contributed by atoms with Crippen LogP contribution >= 0.6 is 0 Å². The number of hydrogen-bond donors (Lipinski definition) is 3. The molecule has 9 heteroatoms. The quantitative estimate of drug-likeness (QED) is 0.443. The fraction of sp³-hybridized carbons (Fsp3) is 0.360. The topological polar surface area (TPSA) is 137 Å². The molecular formula is C25H30N4O5. The van der Waals surface area contributed by atoms with Gasteiger partial charge in [-0.1, -0.05) is 37.3 Å². The van der Waals surface area contributed by atoms with Gasteiger partial charge < -0.3 is 25.5 Å². The van der Waals surface area contributed by atoms with Crippen molar-refractivity contribution < 1.29 is 19.4 Å². The normalized spacial score (nSPS) is 12.3. The number of pyridine rings is 2. The van der Waals surface area contributed by atoms with Crippen LogP contribution in [-0.2, 0) is 17.7 Å². The van der Waals surface area contributed by atoms with Crippen LogP contribution in [0.5, 0.6) is 5.75 Å². The van der Waals surface area contributed by atoms with Crippen LogP contribution < -0.4 is 16.6 Å². The molecule has 2 amide bonds. The fourth-order valence-electron chi connectivity index (χ4n) is 3.67. The zero-order valence-corrected chi connectivity index (χ0v) is 19.6. The first-order chi connectivity index (χ1) is 16.1. The van der Waals surface area contributed by atoms with E-state index in [1.54, 1.807) is 30.7 Å². The minimum Gasteiger partial charge on any atom is -0.505 e. The minimum atomic E-state index is -0.856. The third-order valence-corrected chi connectivity index (χ3v) is 6.12. The van der Waals surface area contributed by atoms with Crippen molar-refractivity contribution in [3.05, 3.63) is 70.4 Å². The first-order valence-corrected chi connectivity index (χ1v) is 11.1. The highest BCUT2D eigenvalue weighted by molar-refractivity contribution is 6.01. The standard InChI is InChI=1S/C25H30N4O5/c1-16(25(2,3)34-24(26)33)9-12-27-22(31)20-21(30)18-11-14-29(23(32)19(18)15-28-20)13-10-17-7-5-4-6-8-17/h4-8,11,14-16,30H,9-10,12-13H2,1-3H3,(H2,26,33)(H,27,31). The molecule has 2 heterocycles. The SMILES string of the molecule is CC(CCNC(=O)c1ncc2c(=O)n(CCc3ccccc3)ccc2c1O)C(C)(C)OC(N)=O. The number of benzene rings is 1. The number of fused-ring (bicyclic) bond motifs is 1. The van der Waals surface area contributed by atoms with Crippen molar-refractivity contribution >= 4 is 22.8 Å². The Labute approximate surface area is 197 Å². The number of hydrogen-bond acceptors (Lipinski definition) is 6. The van der Waals surface area contributed by atoms with Gasteiger partial charge in [-0.3, -0.25) is 9.59 Å². The van der Waals surface area contributed by atoms with Gasteiger partial charge >= 0.3 is 6.09 Å². The molecule has 34 heavy (non-hydrogen) atoms. The number of aromatic hydroxyl groups is 1. The van der Waals surface area contributed by atoms with E-state index < -0.39 is 17.6 Å². The predicted octanol–water partition coefficient (Wildman–Crippen LogP) is 2.97. The van der Waals surface area contributed by atoms with Crippen molar-refractivity contribution in [1.29, 1.82) is 0 Å². The largest absolute Gasteiger partial charge is 0.505 e. The molecule has 2 aromatic heterocycles. The van der Waals surface area contributed by atoms with Crippen molar-refractivity contribution in [3.63, 3.8) is 0 Å². The van der Waals surface area contributed by atoms with E-state index >= 15 is 0 Å². The van der Waals surface area contributed by atoms with Crippen LogP contribution in [0.3, 0.4) is 0 Å². The summed E-state index contributed by atoms with van der Waals surface area (Å²) in [5, 5.41) is 13.9. The lowest BCUT2D eigenvalue weighted by Crippen LogP contribution is -2.39. The molecule has 9 nitrogen and oxygen atoms in total. The average Bonchev–Trinajstić information content (AvgIpc) is 2.78. The van der Waals surface area contributed by atoms with E-state index in [0.29, 0.717) is 19.4 Å². The maximum atomic E-state index is 12.9. The Bertz CT molecular complexity index is 1240. The highest BCUT2D eigenvalue weighted by Crippen LogP contribution is 2.26. The summed E-state index contributed by atoms with van der Waals surface area (Å²) in [4.78, 5) is 40.6. The lowest BCUT2D eigenvalue weighted by Gasteiger charge is -2.30. The van der Waals surface area contributed by atoms with Gasteiger partial charge in [0.1, 0.15) is 5.60 Å². The summed E-state index contributed by atoms with van der Waals surface area (Å²) >= 11 is 0. The summed E-state index contributed by atoms with van der Waals surface area (Å²) < 4.78 is 6.68. The Morgan fingerprint density at radius 2 is 1.91 bits per heavy atom. The average molecular weight is 467 g/mol. The number of primary amides is 1. The highest BCUT2D eigenvalue weighted by atomic mass is 16.6. The Balaban J connectivity index is 1.69. The zero-order valence-electron chi connectivity index (χ0n) is 19.6. The molecule has 0 aliphatic rings. The number of amides is 2. The molecule has 0 spiro atoms. The molecule has 180 valence electrons. The summed E-state index contributed by atoms with van der Waals surface area (Å²) in [7, 11) is 0. The minimum absolute atomic E-state index is 0.0900. The Morgan fingerprint density at radius 3 is 2.59 bits per heavy atom. The third-order valence-electron chi connectivity index (χ3n) is 6.12. The Morgan fingerprint density at radius 1 is 1.21 bits per heavy atom. The molecule has 4 N–H and O–H groups in total. The van der Waals surface area contributed by atoms with Gasteiger partial charge in [0.25, 0.3) is 11.5 Å². The smallest absolute Gasteiger partial charge is 0.405 e. The van der Waals surface area contributed by atoms with Crippen LogP contribution in [-0.4, -0.2) is 38.8 Å². The number of rotatable bonds is 9. The summed E-state index contributed by atoms with van der Waals surface area (Å²) in [5.41, 5.74) is 4.98. The first kappa shape index (κ1) is 24.8. The molecule has 0 radical (unpaired) electrons. The monoisotopic (exact) mass is 466 g/mol. The van der Waals surface area contributed by atoms with Gasteiger partial charge in [-0.05, 0) is 44.2 Å². The Kier molecular flexibility index (Phi) is 7.55. The maximum absolute atomic E-state index is 12.9. The van der Waals surface area contributed by atoms with E-state index in [1.165, 1.54) is 6.20 Å². The van der Waals surface area contributed by atoms with Gasteiger partial charge in [-0.25, -0.2) is 9.78 Å². The van der Waals surface area contributed by atoms with Crippen LogP contribution in [0.2, 0.25) is 0 Å². The summed E-state index contributed by atoms with van der Waals surface area (Å²) in [6.45, 7) is 6.12. The third kappa shape index (κ3) is 5.72. The molecule has 0 bridgehead atoms. The number of nitrogens with two attached hydrogens (primary N) is 1. The first-order valence-electron chi connectivity index (χ1n) is 11.1. The molecule has 0 fully saturated rings. The van der Waals surface area contributed by atoms with Crippen molar-refractivity contribution in [2.75, 3.05) is 6.54 Å². The van der Waals surface area contributed by atoms with Crippen molar-refractivity contribution in [1.82, 2.24) is 14.9 Å². The molecule has 0 saturated carbocycles.